The molecular formula is C12H18N2O2S. The maximum Gasteiger partial charge on any atom is 0.264 e. The van der Waals surface area contributed by atoms with Crippen LogP contribution in [0.5, 0.6) is 0 Å². The van der Waals surface area contributed by atoms with E-state index in [1.165, 1.54) is 16.2 Å². The number of thiophene rings is 1. The minimum absolute atomic E-state index is 0.00419. The molecule has 0 aliphatic carbocycles. The number of primary amides is 1. The van der Waals surface area contributed by atoms with Gasteiger partial charge in [-0.2, -0.15) is 0 Å². The van der Waals surface area contributed by atoms with E-state index in [0.717, 1.165) is 17.7 Å². The van der Waals surface area contributed by atoms with E-state index in [2.05, 4.69) is 0 Å². The molecule has 1 rings (SSSR count). The molecule has 0 unspecified atom stereocenters. The third-order valence-corrected chi connectivity index (χ3v) is 3.36. The van der Waals surface area contributed by atoms with Gasteiger partial charge >= 0.3 is 0 Å². The predicted molar refractivity (Wildman–Crippen MR) is 69.1 cm³/mol. The number of nitrogens with two attached hydrogens (primary N) is 1. The molecule has 1 heterocycles. The number of aryl methyl sites for hydroxylation is 1. The summed E-state index contributed by atoms with van der Waals surface area (Å²) in [7, 11) is 0. The lowest BCUT2D eigenvalue weighted by molar-refractivity contribution is -0.118. The topological polar surface area (TPSA) is 63.4 Å². The predicted octanol–water partition coefficient (Wildman–Crippen LogP) is 1.78. The highest BCUT2D eigenvalue weighted by atomic mass is 32.1. The molecule has 0 fully saturated rings. The molecule has 0 radical (unpaired) electrons. The van der Waals surface area contributed by atoms with E-state index < -0.39 is 5.91 Å². The van der Waals surface area contributed by atoms with E-state index in [4.69, 9.17) is 5.73 Å². The van der Waals surface area contributed by atoms with Crippen LogP contribution in [0.2, 0.25) is 0 Å². The van der Waals surface area contributed by atoms with Gasteiger partial charge in [-0.1, -0.05) is 13.3 Å². The van der Waals surface area contributed by atoms with Crippen LogP contribution < -0.4 is 5.73 Å². The molecule has 94 valence electrons. The maximum absolute atomic E-state index is 12.1. The Balaban J connectivity index is 2.74. The maximum atomic E-state index is 12.1. The molecule has 5 heteroatoms. The normalized spacial score (nSPS) is 10.2. The van der Waals surface area contributed by atoms with Crippen molar-refractivity contribution < 1.29 is 9.59 Å². The molecule has 0 aliphatic heterocycles. The number of rotatable bonds is 6. The van der Waals surface area contributed by atoms with Crippen LogP contribution >= 0.6 is 11.3 Å². The second kappa shape index (κ2) is 6.39. The second-order valence-electron chi connectivity index (χ2n) is 3.96. The molecule has 0 saturated carbocycles. The van der Waals surface area contributed by atoms with Crippen LogP contribution in [0.3, 0.4) is 0 Å². The Morgan fingerprint density at radius 2 is 2.12 bits per heavy atom. The van der Waals surface area contributed by atoms with Crippen LogP contribution in [-0.2, 0) is 4.79 Å². The summed E-state index contributed by atoms with van der Waals surface area (Å²) in [6, 6.07) is 3.70. The van der Waals surface area contributed by atoms with Crippen LogP contribution in [0.4, 0.5) is 0 Å². The number of hydrogen-bond donors (Lipinski definition) is 1. The lowest BCUT2D eigenvalue weighted by Gasteiger charge is -2.20. The van der Waals surface area contributed by atoms with E-state index in [-0.39, 0.29) is 12.5 Å². The average molecular weight is 254 g/mol. The Bertz CT molecular complexity index is 401. The van der Waals surface area contributed by atoms with Crippen molar-refractivity contribution in [3.8, 4) is 0 Å². The largest absolute Gasteiger partial charge is 0.368 e. The fourth-order valence-corrected chi connectivity index (χ4v) is 2.33. The van der Waals surface area contributed by atoms with Gasteiger partial charge in [0.1, 0.15) is 0 Å². The van der Waals surface area contributed by atoms with Gasteiger partial charge in [0.2, 0.25) is 5.91 Å². The van der Waals surface area contributed by atoms with Gasteiger partial charge in [-0.15, -0.1) is 11.3 Å². The molecule has 2 N–H and O–H groups in total. The zero-order chi connectivity index (χ0) is 12.8. The lowest BCUT2D eigenvalue weighted by Crippen LogP contribution is -2.38. The average Bonchev–Trinajstić information content (AvgIpc) is 2.69. The number of nitrogens with zero attached hydrogens (tertiary/aromatic N) is 1. The van der Waals surface area contributed by atoms with Gasteiger partial charge in [0, 0.05) is 11.4 Å². The quantitative estimate of drug-likeness (QED) is 0.841. The highest BCUT2D eigenvalue weighted by Gasteiger charge is 2.18. The highest BCUT2D eigenvalue weighted by Crippen LogP contribution is 2.17. The number of carbonyl (C=O) groups is 2. The van der Waals surface area contributed by atoms with Crippen LogP contribution in [0.25, 0.3) is 0 Å². The van der Waals surface area contributed by atoms with Crippen molar-refractivity contribution >= 4 is 23.2 Å². The summed E-state index contributed by atoms with van der Waals surface area (Å²) in [6.07, 6.45) is 1.86. The molecule has 0 bridgehead atoms. The van der Waals surface area contributed by atoms with Gasteiger partial charge in [0.15, 0.2) is 0 Å². The molecule has 0 spiro atoms. The summed E-state index contributed by atoms with van der Waals surface area (Å²) in [4.78, 5) is 26.4. The van der Waals surface area contributed by atoms with Crippen molar-refractivity contribution in [2.45, 2.75) is 26.7 Å². The highest BCUT2D eigenvalue weighted by molar-refractivity contribution is 7.13. The monoisotopic (exact) mass is 254 g/mol. The summed E-state index contributed by atoms with van der Waals surface area (Å²) in [5.74, 6) is -0.571. The molecular weight excluding hydrogens is 236 g/mol. The van der Waals surface area contributed by atoms with Gasteiger partial charge in [-0.05, 0) is 25.5 Å². The van der Waals surface area contributed by atoms with Crippen molar-refractivity contribution in [2.75, 3.05) is 13.1 Å². The fourth-order valence-electron chi connectivity index (χ4n) is 1.49. The molecule has 0 saturated heterocycles. The molecule has 0 atom stereocenters. The standard InChI is InChI=1S/C12H18N2O2S/c1-3-4-7-14(8-11(13)15)12(16)10-6-5-9(2)17-10/h5-6H,3-4,7-8H2,1-2H3,(H2,13,15). The number of unbranched alkanes of at least 4 members (excludes halogenated alkanes) is 1. The third-order valence-electron chi connectivity index (χ3n) is 2.37. The molecule has 2 amide bonds. The number of carbonyl (C=O) groups excluding carboxylic acids is 2. The van der Waals surface area contributed by atoms with Crippen LogP contribution in [0.15, 0.2) is 12.1 Å². The molecule has 4 nitrogen and oxygen atoms in total. The van der Waals surface area contributed by atoms with Crippen LogP contribution in [0, 0.1) is 6.92 Å². The van der Waals surface area contributed by atoms with E-state index in [9.17, 15) is 9.59 Å². The van der Waals surface area contributed by atoms with Gasteiger partial charge < -0.3 is 10.6 Å². The van der Waals surface area contributed by atoms with Gasteiger partial charge in [0.05, 0.1) is 11.4 Å². The summed E-state index contributed by atoms with van der Waals surface area (Å²) < 4.78 is 0. The van der Waals surface area contributed by atoms with E-state index in [1.807, 2.05) is 19.9 Å². The van der Waals surface area contributed by atoms with Gasteiger partial charge in [-0.25, -0.2) is 0 Å². The smallest absolute Gasteiger partial charge is 0.264 e. The first kappa shape index (κ1) is 13.7. The van der Waals surface area contributed by atoms with Crippen molar-refractivity contribution in [1.29, 1.82) is 0 Å². The van der Waals surface area contributed by atoms with E-state index >= 15 is 0 Å². The van der Waals surface area contributed by atoms with Crippen molar-refractivity contribution in [2.24, 2.45) is 5.73 Å². The van der Waals surface area contributed by atoms with Crippen LogP contribution in [-0.4, -0.2) is 29.8 Å². The van der Waals surface area contributed by atoms with Crippen molar-refractivity contribution in [3.05, 3.63) is 21.9 Å². The lowest BCUT2D eigenvalue weighted by atomic mass is 10.3. The Labute approximate surface area is 105 Å². The Morgan fingerprint density at radius 1 is 1.41 bits per heavy atom. The zero-order valence-corrected chi connectivity index (χ0v) is 11.0. The third kappa shape index (κ3) is 4.19. The molecule has 0 aliphatic rings. The second-order valence-corrected chi connectivity index (χ2v) is 5.24. The first-order chi connectivity index (χ1) is 8.04. The molecule has 1 aromatic heterocycles. The zero-order valence-electron chi connectivity index (χ0n) is 10.2. The van der Waals surface area contributed by atoms with Crippen LogP contribution in [0.1, 0.15) is 34.3 Å². The number of amides is 2. The van der Waals surface area contributed by atoms with Crippen molar-refractivity contribution in [1.82, 2.24) is 4.90 Å². The summed E-state index contributed by atoms with van der Waals surface area (Å²) in [5, 5.41) is 0. The van der Waals surface area contributed by atoms with E-state index in [1.54, 1.807) is 6.07 Å². The summed E-state index contributed by atoms with van der Waals surface area (Å²) in [6.45, 7) is 4.57. The fraction of sp³-hybridized carbons (Fsp3) is 0.500. The SMILES string of the molecule is CCCCN(CC(N)=O)C(=O)c1ccc(C)s1. The van der Waals surface area contributed by atoms with Crippen molar-refractivity contribution in [3.63, 3.8) is 0 Å². The first-order valence-corrected chi connectivity index (χ1v) is 6.50. The first-order valence-electron chi connectivity index (χ1n) is 5.68. The summed E-state index contributed by atoms with van der Waals surface area (Å²) >= 11 is 1.44. The molecule has 1 aromatic rings. The Morgan fingerprint density at radius 3 is 2.59 bits per heavy atom. The van der Waals surface area contributed by atoms with Gasteiger partial charge in [-0.3, -0.25) is 9.59 Å². The minimum atomic E-state index is -0.470. The Kier molecular flexibility index (Phi) is 5.15. The van der Waals surface area contributed by atoms with Gasteiger partial charge in [0.25, 0.3) is 5.91 Å². The minimum Gasteiger partial charge on any atom is -0.368 e. The molecule has 0 aromatic carbocycles. The van der Waals surface area contributed by atoms with E-state index in [0.29, 0.717) is 11.4 Å². The summed E-state index contributed by atoms with van der Waals surface area (Å²) in [5.41, 5.74) is 5.16. The molecule has 17 heavy (non-hydrogen) atoms. The number of hydrogen-bond acceptors (Lipinski definition) is 3. The Hall–Kier alpha value is -1.36.